The normalized spacial score (nSPS) is 27.4. The first-order valence-electron chi connectivity index (χ1n) is 13.3. The molecule has 0 radical (unpaired) electrons. The van der Waals surface area contributed by atoms with Crippen LogP contribution in [0.15, 0.2) is 61.1 Å². The van der Waals surface area contributed by atoms with E-state index in [2.05, 4.69) is 16.8 Å². The Kier molecular flexibility index (Phi) is 5.95. The Morgan fingerprint density at radius 1 is 1.19 bits per heavy atom. The van der Waals surface area contributed by atoms with Crippen molar-refractivity contribution in [1.82, 2.24) is 14.5 Å². The highest BCUT2D eigenvalue weighted by atomic mass is 19.1. The second-order valence-corrected chi connectivity index (χ2v) is 11.1. The molecule has 6 rings (SSSR count). The number of hydrogen-bond acceptors (Lipinski definition) is 3. The van der Waals surface area contributed by atoms with E-state index in [1.165, 1.54) is 6.07 Å². The monoisotopic (exact) mass is 487 g/mol. The number of fused-ring (bicyclic) bond motifs is 5. The number of aliphatic hydroxyl groups excluding tert-OH is 1. The van der Waals surface area contributed by atoms with Gasteiger partial charge in [-0.1, -0.05) is 49.4 Å². The number of hydrogen-bond donors (Lipinski definition) is 1. The summed E-state index contributed by atoms with van der Waals surface area (Å²) in [6.45, 7) is 2.96. The summed E-state index contributed by atoms with van der Waals surface area (Å²) >= 11 is 0. The van der Waals surface area contributed by atoms with Crippen LogP contribution in [0.2, 0.25) is 0 Å². The quantitative estimate of drug-likeness (QED) is 0.508. The van der Waals surface area contributed by atoms with Gasteiger partial charge in [-0.2, -0.15) is 0 Å². The average Bonchev–Trinajstić information content (AvgIpc) is 3.47. The van der Waals surface area contributed by atoms with E-state index in [4.69, 9.17) is 0 Å². The minimum Gasteiger partial charge on any atom is -0.392 e. The number of rotatable bonds is 6. The molecule has 2 aliphatic heterocycles. The second kappa shape index (κ2) is 9.15. The molecule has 5 nitrogen and oxygen atoms in total. The number of benzene rings is 2. The highest BCUT2D eigenvalue weighted by molar-refractivity contribution is 5.79. The molecule has 1 aliphatic carbocycles. The van der Waals surface area contributed by atoms with Crippen LogP contribution in [0.3, 0.4) is 0 Å². The fraction of sp³-hybridized carbons (Fsp3) is 0.467. The van der Waals surface area contributed by atoms with Crippen molar-refractivity contribution in [2.75, 3.05) is 6.54 Å². The highest BCUT2D eigenvalue weighted by Gasteiger charge is 2.49. The van der Waals surface area contributed by atoms with Gasteiger partial charge >= 0.3 is 0 Å². The standard InChI is InChI=1S/C30H34FN3O2/c1-2-30(27(35)15-25-29-23(9-6-10-24(29)31)26-18-32-19-34(25)26)16-21-11-12-33(22(13-21)17-30)28(36)14-20-7-4-3-5-8-20/h3-10,18-19,21-22,25,27,35H,2,11-17H2,1H3. The van der Waals surface area contributed by atoms with E-state index in [1.54, 1.807) is 18.6 Å². The SMILES string of the molecule is CCC1(C(O)CC2c3c(F)cccc3-c3cncn32)CC2CCN(C(=O)Cc3ccccc3)C(C2)C1. The van der Waals surface area contributed by atoms with Crippen LogP contribution in [0.1, 0.15) is 62.6 Å². The summed E-state index contributed by atoms with van der Waals surface area (Å²) in [5, 5.41) is 11.8. The maximum Gasteiger partial charge on any atom is 0.227 e. The number of nitrogens with zero attached hydrogens (tertiary/aromatic N) is 3. The molecule has 1 saturated heterocycles. The molecule has 0 spiro atoms. The van der Waals surface area contributed by atoms with Gasteiger partial charge in [-0.25, -0.2) is 9.37 Å². The predicted octanol–water partition coefficient (Wildman–Crippen LogP) is 5.38. The van der Waals surface area contributed by atoms with Crippen molar-refractivity contribution < 1.29 is 14.3 Å². The molecule has 1 aromatic heterocycles. The maximum atomic E-state index is 15.0. The number of aromatic nitrogens is 2. The minimum atomic E-state index is -0.595. The Hall–Kier alpha value is -2.99. The summed E-state index contributed by atoms with van der Waals surface area (Å²) in [4.78, 5) is 19.7. The van der Waals surface area contributed by atoms with E-state index >= 15 is 4.39 Å². The Balaban J connectivity index is 1.24. The fourth-order valence-corrected chi connectivity index (χ4v) is 7.33. The molecule has 2 aromatic carbocycles. The molecule has 3 aromatic rings. The van der Waals surface area contributed by atoms with E-state index in [1.807, 2.05) is 41.0 Å². The van der Waals surface area contributed by atoms with Gasteiger partial charge in [-0.15, -0.1) is 0 Å². The molecule has 5 unspecified atom stereocenters. The number of carbonyl (C=O) groups is 1. The molecule has 6 heteroatoms. The van der Waals surface area contributed by atoms with E-state index in [0.29, 0.717) is 24.3 Å². The third-order valence-corrected chi connectivity index (χ3v) is 9.20. The lowest BCUT2D eigenvalue weighted by molar-refractivity contribution is -0.142. The van der Waals surface area contributed by atoms with Gasteiger partial charge in [0.05, 0.1) is 36.8 Å². The van der Waals surface area contributed by atoms with Gasteiger partial charge in [0.25, 0.3) is 0 Å². The molecule has 188 valence electrons. The third-order valence-electron chi connectivity index (χ3n) is 9.20. The van der Waals surface area contributed by atoms with Crippen molar-refractivity contribution in [3.63, 3.8) is 0 Å². The molecule has 1 saturated carbocycles. The van der Waals surface area contributed by atoms with Crippen molar-refractivity contribution in [3.05, 3.63) is 78.0 Å². The number of piperidine rings is 1. The largest absolute Gasteiger partial charge is 0.392 e. The Labute approximate surface area is 212 Å². The topological polar surface area (TPSA) is 58.4 Å². The van der Waals surface area contributed by atoms with E-state index < -0.39 is 6.10 Å². The number of likely N-dealkylation sites (tertiary alicyclic amines) is 1. The third kappa shape index (κ3) is 3.86. The number of halogens is 1. The minimum absolute atomic E-state index is 0.153. The molecule has 36 heavy (non-hydrogen) atoms. The first kappa shape index (κ1) is 23.4. The van der Waals surface area contributed by atoms with E-state index in [9.17, 15) is 9.90 Å². The smallest absolute Gasteiger partial charge is 0.227 e. The first-order chi connectivity index (χ1) is 17.5. The summed E-state index contributed by atoms with van der Waals surface area (Å²) < 4.78 is 17.0. The lowest BCUT2D eigenvalue weighted by Gasteiger charge is -2.53. The van der Waals surface area contributed by atoms with Crippen LogP contribution >= 0.6 is 0 Å². The summed E-state index contributed by atoms with van der Waals surface area (Å²) in [5.74, 6) is 0.466. The van der Waals surface area contributed by atoms with Gasteiger partial charge in [0, 0.05) is 23.7 Å². The molecule has 2 fully saturated rings. The van der Waals surface area contributed by atoms with Crippen LogP contribution in [-0.2, 0) is 11.2 Å². The maximum absolute atomic E-state index is 15.0. The van der Waals surface area contributed by atoms with Gasteiger partial charge in [-0.05, 0) is 61.5 Å². The molecule has 5 atom stereocenters. The Bertz CT molecular complexity index is 1260. The molecule has 2 bridgehead atoms. The second-order valence-electron chi connectivity index (χ2n) is 11.1. The van der Waals surface area contributed by atoms with Crippen LogP contribution in [0.4, 0.5) is 4.39 Å². The van der Waals surface area contributed by atoms with Crippen molar-refractivity contribution in [3.8, 4) is 11.3 Å². The van der Waals surface area contributed by atoms with Crippen LogP contribution in [0.5, 0.6) is 0 Å². The van der Waals surface area contributed by atoms with Crippen molar-refractivity contribution in [2.45, 2.75) is 70.1 Å². The highest BCUT2D eigenvalue weighted by Crippen LogP contribution is 2.52. The van der Waals surface area contributed by atoms with Gasteiger partial charge < -0.3 is 14.6 Å². The molecule has 1 amide bonds. The molecular weight excluding hydrogens is 453 g/mol. The summed E-state index contributed by atoms with van der Waals surface area (Å²) in [6, 6.07) is 15.0. The zero-order valence-electron chi connectivity index (χ0n) is 20.8. The van der Waals surface area contributed by atoms with Crippen LogP contribution in [-0.4, -0.2) is 44.2 Å². The lowest BCUT2D eigenvalue weighted by Crippen LogP contribution is -2.55. The van der Waals surface area contributed by atoms with Crippen LogP contribution < -0.4 is 0 Å². The number of aliphatic hydroxyl groups is 1. The van der Waals surface area contributed by atoms with Gasteiger partial charge in [-0.3, -0.25) is 4.79 Å². The fourth-order valence-electron chi connectivity index (χ4n) is 7.33. The zero-order chi connectivity index (χ0) is 24.9. The van der Waals surface area contributed by atoms with Gasteiger partial charge in [0.2, 0.25) is 5.91 Å². The Morgan fingerprint density at radius 2 is 2.03 bits per heavy atom. The van der Waals surface area contributed by atoms with Crippen LogP contribution in [0, 0.1) is 17.2 Å². The van der Waals surface area contributed by atoms with E-state index in [-0.39, 0.29) is 29.2 Å². The lowest BCUT2D eigenvalue weighted by atomic mass is 9.60. The van der Waals surface area contributed by atoms with Gasteiger partial charge in [0.15, 0.2) is 0 Å². The summed E-state index contributed by atoms with van der Waals surface area (Å²) in [6.07, 6.45) is 8.42. The van der Waals surface area contributed by atoms with Crippen molar-refractivity contribution in [1.29, 1.82) is 0 Å². The van der Waals surface area contributed by atoms with E-state index in [0.717, 1.165) is 55.5 Å². The molecule has 3 aliphatic rings. The van der Waals surface area contributed by atoms with Crippen molar-refractivity contribution in [2.24, 2.45) is 11.3 Å². The van der Waals surface area contributed by atoms with Gasteiger partial charge in [0.1, 0.15) is 5.82 Å². The molecular formula is C30H34FN3O2. The Morgan fingerprint density at radius 3 is 2.83 bits per heavy atom. The van der Waals surface area contributed by atoms with Crippen LogP contribution in [0.25, 0.3) is 11.3 Å². The first-order valence-corrected chi connectivity index (χ1v) is 13.3. The van der Waals surface area contributed by atoms with Crippen molar-refractivity contribution >= 4 is 5.91 Å². The summed E-state index contributed by atoms with van der Waals surface area (Å²) in [7, 11) is 0. The number of carbonyl (C=O) groups excluding carboxylic acids is 1. The number of amides is 1. The predicted molar refractivity (Wildman–Crippen MR) is 137 cm³/mol. The average molecular weight is 488 g/mol. The molecule has 3 heterocycles. The zero-order valence-corrected chi connectivity index (χ0v) is 20.8. The molecule has 1 N–H and O–H groups in total. The number of imidazole rings is 1. The summed E-state index contributed by atoms with van der Waals surface area (Å²) in [5.41, 5.74) is 3.20.